The van der Waals surface area contributed by atoms with Crippen LogP contribution in [-0.4, -0.2) is 28.9 Å². The van der Waals surface area contributed by atoms with E-state index in [0.717, 1.165) is 18.4 Å². The standard InChI is InChI=1S/C12H15NO3/c14-9-13(11-6-7-11)12(15)16-8-10-4-2-1-3-5-10/h1-5,11,14H,6-9H2. The maximum atomic E-state index is 11.6. The first kappa shape index (κ1) is 11.0. The first-order chi connectivity index (χ1) is 7.81. The molecular weight excluding hydrogens is 206 g/mol. The van der Waals surface area contributed by atoms with Gasteiger partial charge in [0, 0.05) is 6.04 Å². The SMILES string of the molecule is O=C(OCc1ccccc1)N(CO)C1CC1. The average molecular weight is 221 g/mol. The Balaban J connectivity index is 1.83. The summed E-state index contributed by atoms with van der Waals surface area (Å²) in [4.78, 5) is 12.9. The molecule has 0 spiro atoms. The molecule has 1 aromatic rings. The Morgan fingerprint density at radius 2 is 2.06 bits per heavy atom. The number of nitrogens with zero attached hydrogens (tertiary/aromatic N) is 1. The molecule has 0 saturated heterocycles. The Bertz CT molecular complexity index is 349. The van der Waals surface area contributed by atoms with Crippen LogP contribution < -0.4 is 0 Å². The fraction of sp³-hybridized carbons (Fsp3) is 0.417. The third-order valence-corrected chi connectivity index (χ3v) is 2.58. The lowest BCUT2D eigenvalue weighted by molar-refractivity contribution is 0.0540. The number of carbonyl (C=O) groups is 1. The summed E-state index contributed by atoms with van der Waals surface area (Å²) < 4.78 is 5.11. The lowest BCUT2D eigenvalue weighted by atomic mass is 10.2. The van der Waals surface area contributed by atoms with Crippen molar-refractivity contribution in [2.75, 3.05) is 6.73 Å². The summed E-state index contributed by atoms with van der Waals surface area (Å²) in [6, 6.07) is 9.67. The third-order valence-electron chi connectivity index (χ3n) is 2.58. The number of rotatable bonds is 4. The van der Waals surface area contributed by atoms with Gasteiger partial charge in [0.25, 0.3) is 0 Å². The van der Waals surface area contributed by atoms with Crippen molar-refractivity contribution in [2.24, 2.45) is 0 Å². The van der Waals surface area contributed by atoms with Gasteiger partial charge in [0.1, 0.15) is 13.3 Å². The molecule has 0 aromatic heterocycles. The molecule has 1 N–H and O–H groups in total. The van der Waals surface area contributed by atoms with Gasteiger partial charge in [-0.1, -0.05) is 30.3 Å². The minimum atomic E-state index is -0.436. The molecule has 1 saturated carbocycles. The van der Waals surface area contributed by atoms with Crippen LogP contribution in [-0.2, 0) is 11.3 Å². The van der Waals surface area contributed by atoms with Crippen LogP contribution in [0.4, 0.5) is 4.79 Å². The fourth-order valence-corrected chi connectivity index (χ4v) is 1.51. The highest BCUT2D eigenvalue weighted by Gasteiger charge is 2.32. The largest absolute Gasteiger partial charge is 0.444 e. The van der Waals surface area contributed by atoms with Crippen LogP contribution in [0.15, 0.2) is 30.3 Å². The quantitative estimate of drug-likeness (QED) is 0.788. The molecule has 86 valence electrons. The smallest absolute Gasteiger partial charge is 0.412 e. The van der Waals surface area contributed by atoms with Gasteiger partial charge in [-0.15, -0.1) is 0 Å². The highest BCUT2D eigenvalue weighted by Crippen LogP contribution is 2.26. The second-order valence-electron chi connectivity index (χ2n) is 3.88. The molecule has 1 amide bonds. The van der Waals surface area contributed by atoms with Crippen LogP contribution >= 0.6 is 0 Å². The zero-order valence-corrected chi connectivity index (χ0v) is 9.00. The third kappa shape index (κ3) is 2.73. The fourth-order valence-electron chi connectivity index (χ4n) is 1.51. The van der Waals surface area contributed by atoms with Crippen LogP contribution in [0.5, 0.6) is 0 Å². The number of hydrogen-bond donors (Lipinski definition) is 1. The molecule has 1 aliphatic carbocycles. The van der Waals surface area contributed by atoms with Gasteiger partial charge in [0.05, 0.1) is 0 Å². The van der Waals surface area contributed by atoms with Crippen molar-refractivity contribution in [3.8, 4) is 0 Å². The maximum absolute atomic E-state index is 11.6. The topological polar surface area (TPSA) is 49.8 Å². The van der Waals surface area contributed by atoms with Crippen LogP contribution in [0, 0.1) is 0 Å². The summed E-state index contributed by atoms with van der Waals surface area (Å²) >= 11 is 0. The normalized spacial score (nSPS) is 14.6. The minimum Gasteiger partial charge on any atom is -0.444 e. The molecule has 0 aliphatic heterocycles. The number of hydrogen-bond acceptors (Lipinski definition) is 3. The Hall–Kier alpha value is -1.55. The second-order valence-corrected chi connectivity index (χ2v) is 3.88. The van der Waals surface area contributed by atoms with Crippen molar-refractivity contribution >= 4 is 6.09 Å². The van der Waals surface area contributed by atoms with Crippen LogP contribution in [0.2, 0.25) is 0 Å². The van der Waals surface area contributed by atoms with Crippen molar-refractivity contribution in [1.82, 2.24) is 4.90 Å². The van der Waals surface area contributed by atoms with E-state index in [9.17, 15) is 4.79 Å². The molecule has 1 aromatic carbocycles. The summed E-state index contributed by atoms with van der Waals surface area (Å²) in [5, 5.41) is 9.03. The Morgan fingerprint density at radius 3 is 2.62 bits per heavy atom. The lowest BCUT2D eigenvalue weighted by Gasteiger charge is -2.18. The highest BCUT2D eigenvalue weighted by atomic mass is 16.6. The zero-order chi connectivity index (χ0) is 11.4. The van der Waals surface area contributed by atoms with Crippen molar-refractivity contribution in [3.63, 3.8) is 0 Å². The molecule has 0 unspecified atom stereocenters. The molecule has 4 nitrogen and oxygen atoms in total. The van der Waals surface area contributed by atoms with Crippen molar-refractivity contribution in [1.29, 1.82) is 0 Å². The predicted octanol–water partition coefficient (Wildman–Crippen LogP) is 1.74. The first-order valence-corrected chi connectivity index (χ1v) is 5.39. The number of amides is 1. The van der Waals surface area contributed by atoms with E-state index in [-0.39, 0.29) is 19.4 Å². The van der Waals surface area contributed by atoms with Crippen LogP contribution in [0.25, 0.3) is 0 Å². The Labute approximate surface area is 94.4 Å². The number of aliphatic hydroxyl groups is 1. The number of carbonyl (C=O) groups excluding carboxylic acids is 1. The van der Waals surface area contributed by atoms with Gasteiger partial charge in [-0.3, -0.25) is 4.90 Å². The molecule has 16 heavy (non-hydrogen) atoms. The lowest BCUT2D eigenvalue weighted by Crippen LogP contribution is -2.34. The first-order valence-electron chi connectivity index (χ1n) is 5.39. The van der Waals surface area contributed by atoms with Crippen molar-refractivity contribution in [3.05, 3.63) is 35.9 Å². The molecule has 2 rings (SSSR count). The summed E-state index contributed by atoms with van der Waals surface area (Å²) in [6.07, 6.45) is 1.48. The Morgan fingerprint density at radius 1 is 1.38 bits per heavy atom. The van der Waals surface area contributed by atoms with Gasteiger partial charge >= 0.3 is 6.09 Å². The van der Waals surface area contributed by atoms with E-state index in [1.807, 2.05) is 30.3 Å². The Kier molecular flexibility index (Phi) is 3.41. The van der Waals surface area contributed by atoms with Gasteiger partial charge in [0.2, 0.25) is 0 Å². The van der Waals surface area contributed by atoms with E-state index in [2.05, 4.69) is 0 Å². The van der Waals surface area contributed by atoms with E-state index in [0.29, 0.717) is 0 Å². The number of aliphatic hydroxyl groups excluding tert-OH is 1. The van der Waals surface area contributed by atoms with Crippen molar-refractivity contribution < 1.29 is 14.6 Å². The van der Waals surface area contributed by atoms with Crippen LogP contribution in [0.3, 0.4) is 0 Å². The average Bonchev–Trinajstić information content (AvgIpc) is 3.13. The molecule has 1 aliphatic rings. The van der Waals surface area contributed by atoms with Gasteiger partial charge in [0.15, 0.2) is 0 Å². The second kappa shape index (κ2) is 4.99. The maximum Gasteiger partial charge on any atom is 0.412 e. The van der Waals surface area contributed by atoms with Crippen molar-refractivity contribution in [2.45, 2.75) is 25.5 Å². The van der Waals surface area contributed by atoms with E-state index >= 15 is 0 Å². The molecule has 1 fully saturated rings. The summed E-state index contributed by atoms with van der Waals surface area (Å²) in [7, 11) is 0. The van der Waals surface area contributed by atoms with E-state index in [4.69, 9.17) is 9.84 Å². The van der Waals surface area contributed by atoms with Crippen LogP contribution in [0.1, 0.15) is 18.4 Å². The van der Waals surface area contributed by atoms with E-state index in [1.54, 1.807) is 0 Å². The number of benzene rings is 1. The zero-order valence-electron chi connectivity index (χ0n) is 9.00. The molecule has 4 heteroatoms. The van der Waals surface area contributed by atoms with Gasteiger partial charge in [-0.2, -0.15) is 0 Å². The van der Waals surface area contributed by atoms with Gasteiger partial charge in [-0.25, -0.2) is 4.79 Å². The molecule has 0 atom stereocenters. The molecular formula is C12H15NO3. The molecule has 0 bridgehead atoms. The predicted molar refractivity (Wildman–Crippen MR) is 58.6 cm³/mol. The monoisotopic (exact) mass is 221 g/mol. The number of ether oxygens (including phenoxy) is 1. The van der Waals surface area contributed by atoms with Gasteiger partial charge < -0.3 is 9.84 Å². The molecule has 0 heterocycles. The molecule has 0 radical (unpaired) electrons. The van der Waals surface area contributed by atoms with E-state index < -0.39 is 6.09 Å². The highest BCUT2D eigenvalue weighted by molar-refractivity contribution is 5.68. The summed E-state index contributed by atoms with van der Waals surface area (Å²) in [5.74, 6) is 0. The minimum absolute atomic E-state index is 0.174. The van der Waals surface area contributed by atoms with E-state index in [1.165, 1.54) is 4.90 Å². The van der Waals surface area contributed by atoms with Gasteiger partial charge in [-0.05, 0) is 18.4 Å². The summed E-state index contributed by atoms with van der Waals surface area (Å²) in [5.41, 5.74) is 0.949. The summed E-state index contributed by atoms with van der Waals surface area (Å²) in [6.45, 7) is -0.0127.